The first-order valence-corrected chi connectivity index (χ1v) is 6.06. The average Bonchev–Trinajstić information content (AvgIpc) is 2.29. The summed E-state index contributed by atoms with van der Waals surface area (Å²) in [5.41, 5.74) is 2.39. The number of pyridine rings is 1. The quantitative estimate of drug-likeness (QED) is 0.800. The number of anilines is 1. The van der Waals surface area contributed by atoms with Crippen LogP contribution in [0.3, 0.4) is 0 Å². The van der Waals surface area contributed by atoms with Crippen LogP contribution in [0.4, 0.5) is 5.69 Å². The van der Waals surface area contributed by atoms with Gasteiger partial charge < -0.3 is 10.2 Å². The molecule has 0 amide bonds. The molecule has 0 bridgehead atoms. The zero-order valence-corrected chi connectivity index (χ0v) is 10.8. The van der Waals surface area contributed by atoms with Crippen molar-refractivity contribution in [3.63, 3.8) is 0 Å². The molecule has 90 valence electrons. The second-order valence-corrected chi connectivity index (χ2v) is 4.22. The largest absolute Gasteiger partial charge is 0.381 e. The second kappa shape index (κ2) is 6.48. The van der Waals surface area contributed by atoms with Crippen LogP contribution in [0.25, 0.3) is 0 Å². The lowest BCUT2D eigenvalue weighted by atomic mass is 10.2. The Morgan fingerprint density at radius 2 is 2.06 bits per heavy atom. The minimum absolute atomic E-state index is 0.459. The van der Waals surface area contributed by atoms with Gasteiger partial charge in [-0.2, -0.15) is 0 Å². The van der Waals surface area contributed by atoms with Crippen LogP contribution in [-0.2, 0) is 0 Å². The summed E-state index contributed by atoms with van der Waals surface area (Å²) in [6, 6.07) is 2.50. The molecule has 1 N–H and O–H groups in total. The lowest BCUT2D eigenvalue weighted by Gasteiger charge is -2.24. The van der Waals surface area contributed by atoms with Gasteiger partial charge in [-0.25, -0.2) is 0 Å². The second-order valence-electron chi connectivity index (χ2n) is 4.22. The van der Waals surface area contributed by atoms with Crippen molar-refractivity contribution in [2.45, 2.75) is 33.7 Å². The van der Waals surface area contributed by atoms with Crippen LogP contribution in [0.2, 0.25) is 0 Å². The van der Waals surface area contributed by atoms with Crippen molar-refractivity contribution in [2.75, 3.05) is 25.0 Å². The minimum Gasteiger partial charge on any atom is -0.381 e. The van der Waals surface area contributed by atoms with E-state index in [-0.39, 0.29) is 0 Å². The van der Waals surface area contributed by atoms with Crippen LogP contribution < -0.4 is 5.32 Å². The first-order chi connectivity index (χ1) is 7.67. The lowest BCUT2D eigenvalue weighted by Crippen LogP contribution is -2.34. The number of hydrogen-bond acceptors (Lipinski definition) is 3. The molecule has 0 spiro atoms. The van der Waals surface area contributed by atoms with E-state index in [4.69, 9.17) is 0 Å². The average molecular weight is 221 g/mol. The third-order valence-corrected chi connectivity index (χ3v) is 2.85. The molecule has 0 saturated heterocycles. The number of nitrogens with zero attached hydrogens (tertiary/aromatic N) is 2. The van der Waals surface area contributed by atoms with Crippen molar-refractivity contribution < 1.29 is 0 Å². The van der Waals surface area contributed by atoms with Crippen LogP contribution in [-0.4, -0.2) is 35.6 Å². The molecule has 1 heterocycles. The van der Waals surface area contributed by atoms with E-state index in [1.54, 1.807) is 0 Å². The van der Waals surface area contributed by atoms with Gasteiger partial charge in [-0.3, -0.25) is 4.98 Å². The number of aromatic nitrogens is 1. The standard InChI is InChI=1S/C13H23N3/c1-5-16(6-2)10-12(4)15-13-7-8-14-9-11(13)3/h7-9,12H,5-6,10H2,1-4H3,(H,14,15). The number of nitrogens with one attached hydrogen (secondary N) is 1. The predicted molar refractivity (Wildman–Crippen MR) is 69.8 cm³/mol. The fraction of sp³-hybridized carbons (Fsp3) is 0.615. The highest BCUT2D eigenvalue weighted by Crippen LogP contribution is 2.13. The van der Waals surface area contributed by atoms with Crippen molar-refractivity contribution in [2.24, 2.45) is 0 Å². The van der Waals surface area contributed by atoms with Crippen molar-refractivity contribution in [1.82, 2.24) is 9.88 Å². The van der Waals surface area contributed by atoms with Gasteiger partial charge in [-0.1, -0.05) is 13.8 Å². The Hall–Kier alpha value is -1.09. The van der Waals surface area contributed by atoms with Gasteiger partial charge in [-0.15, -0.1) is 0 Å². The number of aryl methyl sites for hydroxylation is 1. The molecule has 16 heavy (non-hydrogen) atoms. The first-order valence-electron chi connectivity index (χ1n) is 6.06. The zero-order valence-electron chi connectivity index (χ0n) is 10.8. The maximum Gasteiger partial charge on any atom is 0.0403 e. The van der Waals surface area contributed by atoms with E-state index >= 15 is 0 Å². The van der Waals surface area contributed by atoms with Gasteiger partial charge in [0.25, 0.3) is 0 Å². The van der Waals surface area contributed by atoms with E-state index < -0.39 is 0 Å². The summed E-state index contributed by atoms with van der Waals surface area (Å²) in [5.74, 6) is 0. The topological polar surface area (TPSA) is 28.2 Å². The van der Waals surface area contributed by atoms with E-state index in [1.807, 2.05) is 18.5 Å². The van der Waals surface area contributed by atoms with Crippen LogP contribution in [0, 0.1) is 6.92 Å². The summed E-state index contributed by atoms with van der Waals surface area (Å²) in [4.78, 5) is 6.52. The highest BCUT2D eigenvalue weighted by Gasteiger charge is 2.07. The first kappa shape index (κ1) is 13.0. The molecule has 3 nitrogen and oxygen atoms in total. The van der Waals surface area contributed by atoms with Gasteiger partial charge in [0.15, 0.2) is 0 Å². The molecule has 0 aliphatic heterocycles. The molecule has 1 atom stereocenters. The van der Waals surface area contributed by atoms with Gasteiger partial charge in [0.1, 0.15) is 0 Å². The molecule has 1 unspecified atom stereocenters. The number of rotatable bonds is 6. The van der Waals surface area contributed by atoms with Gasteiger partial charge in [0.2, 0.25) is 0 Å². The normalized spacial score (nSPS) is 12.8. The fourth-order valence-corrected chi connectivity index (χ4v) is 1.82. The van der Waals surface area contributed by atoms with Crippen LogP contribution in [0.5, 0.6) is 0 Å². The zero-order chi connectivity index (χ0) is 12.0. The highest BCUT2D eigenvalue weighted by atomic mass is 15.1. The summed E-state index contributed by atoms with van der Waals surface area (Å²) < 4.78 is 0. The predicted octanol–water partition coefficient (Wildman–Crippen LogP) is 2.53. The molecule has 1 rings (SSSR count). The Kier molecular flexibility index (Phi) is 5.26. The van der Waals surface area contributed by atoms with Crippen molar-refractivity contribution >= 4 is 5.69 Å². The van der Waals surface area contributed by atoms with E-state index in [0.717, 1.165) is 19.6 Å². The molecule has 1 aromatic heterocycles. The molecular formula is C13H23N3. The summed E-state index contributed by atoms with van der Waals surface area (Å²) in [6.07, 6.45) is 3.73. The van der Waals surface area contributed by atoms with Crippen molar-refractivity contribution in [3.05, 3.63) is 24.0 Å². The van der Waals surface area contributed by atoms with Crippen molar-refractivity contribution in [1.29, 1.82) is 0 Å². The van der Waals surface area contributed by atoms with Gasteiger partial charge in [-0.05, 0) is 38.6 Å². The number of hydrogen-bond donors (Lipinski definition) is 1. The highest BCUT2D eigenvalue weighted by molar-refractivity contribution is 5.49. The van der Waals surface area contributed by atoms with E-state index in [2.05, 4.69) is 42.9 Å². The molecule has 0 aromatic carbocycles. The summed E-state index contributed by atoms with van der Waals surface area (Å²) >= 11 is 0. The fourth-order valence-electron chi connectivity index (χ4n) is 1.82. The van der Waals surface area contributed by atoms with Gasteiger partial charge in [0, 0.05) is 30.7 Å². The summed E-state index contributed by atoms with van der Waals surface area (Å²) in [7, 11) is 0. The Bertz CT molecular complexity index is 308. The lowest BCUT2D eigenvalue weighted by molar-refractivity contribution is 0.295. The molecule has 0 saturated carbocycles. The molecule has 1 aromatic rings. The summed E-state index contributed by atoms with van der Waals surface area (Å²) in [5, 5.41) is 3.53. The van der Waals surface area contributed by atoms with Crippen LogP contribution in [0.15, 0.2) is 18.5 Å². The Balaban J connectivity index is 2.51. The van der Waals surface area contributed by atoms with Crippen LogP contribution >= 0.6 is 0 Å². The third kappa shape index (κ3) is 3.81. The SMILES string of the molecule is CCN(CC)CC(C)Nc1ccncc1C. The van der Waals surface area contributed by atoms with E-state index in [9.17, 15) is 0 Å². The van der Waals surface area contributed by atoms with Crippen LogP contribution in [0.1, 0.15) is 26.3 Å². The van der Waals surface area contributed by atoms with Crippen molar-refractivity contribution in [3.8, 4) is 0 Å². The molecule has 0 aliphatic rings. The minimum atomic E-state index is 0.459. The Morgan fingerprint density at radius 3 is 2.62 bits per heavy atom. The van der Waals surface area contributed by atoms with Gasteiger partial charge in [0.05, 0.1) is 0 Å². The molecular weight excluding hydrogens is 198 g/mol. The molecule has 3 heteroatoms. The Labute approximate surface area is 98.9 Å². The number of likely N-dealkylation sites (N-methyl/N-ethyl adjacent to an activating group) is 1. The maximum absolute atomic E-state index is 4.10. The smallest absolute Gasteiger partial charge is 0.0403 e. The van der Waals surface area contributed by atoms with Gasteiger partial charge >= 0.3 is 0 Å². The maximum atomic E-state index is 4.10. The third-order valence-electron chi connectivity index (χ3n) is 2.85. The molecule has 0 radical (unpaired) electrons. The monoisotopic (exact) mass is 221 g/mol. The Morgan fingerprint density at radius 1 is 1.38 bits per heavy atom. The van der Waals surface area contributed by atoms with E-state index in [1.165, 1.54) is 11.3 Å². The van der Waals surface area contributed by atoms with E-state index in [0.29, 0.717) is 6.04 Å². The molecule has 0 fully saturated rings. The molecule has 0 aliphatic carbocycles. The summed E-state index contributed by atoms with van der Waals surface area (Å²) in [6.45, 7) is 12.0.